The molecule has 2 N–H and O–H groups in total. The summed E-state index contributed by atoms with van der Waals surface area (Å²) in [5.74, 6) is 0.984. The molecule has 0 bridgehead atoms. The molecule has 114 valence electrons. The lowest BCUT2D eigenvalue weighted by atomic mass is 10.3. The molecule has 1 aromatic carbocycles. The maximum Gasteiger partial charge on any atom is 0.265 e. The molecule has 0 amide bonds. The van der Waals surface area contributed by atoms with Gasteiger partial charge in [0.05, 0.1) is 6.54 Å². The molecule has 5 nitrogen and oxygen atoms in total. The monoisotopic (exact) mass is 372 g/mol. The topological polar surface area (TPSA) is 71.3 Å². The van der Waals surface area contributed by atoms with Gasteiger partial charge in [0.15, 0.2) is 0 Å². The highest BCUT2D eigenvalue weighted by molar-refractivity contribution is 9.10. The summed E-state index contributed by atoms with van der Waals surface area (Å²) in [6.45, 7) is 4.91. The summed E-state index contributed by atoms with van der Waals surface area (Å²) >= 11 is 3.31. The van der Waals surface area contributed by atoms with Gasteiger partial charge in [-0.15, -0.1) is 0 Å². The van der Waals surface area contributed by atoms with Gasteiger partial charge in [-0.25, -0.2) is 8.42 Å². The zero-order valence-corrected chi connectivity index (χ0v) is 14.2. The number of halogens is 1. The van der Waals surface area contributed by atoms with Gasteiger partial charge in [-0.1, -0.05) is 22.9 Å². The SMILES string of the molecule is CCNCc1cc(S(=O)(=O)Nc2ccc(Br)cc2)c(C)o1. The van der Waals surface area contributed by atoms with E-state index in [0.717, 1.165) is 11.0 Å². The minimum atomic E-state index is -3.65. The third-order valence-electron chi connectivity index (χ3n) is 2.86. The van der Waals surface area contributed by atoms with Crippen molar-refractivity contribution in [2.45, 2.75) is 25.3 Å². The highest BCUT2D eigenvalue weighted by Gasteiger charge is 2.21. The molecule has 21 heavy (non-hydrogen) atoms. The lowest BCUT2D eigenvalue weighted by Gasteiger charge is -2.06. The van der Waals surface area contributed by atoms with Crippen LogP contribution in [-0.4, -0.2) is 15.0 Å². The Balaban J connectivity index is 2.22. The molecule has 0 aliphatic carbocycles. The molecule has 0 spiro atoms. The number of aryl methyl sites for hydroxylation is 1. The summed E-state index contributed by atoms with van der Waals surface area (Å²) in [7, 11) is -3.65. The molecule has 7 heteroatoms. The van der Waals surface area contributed by atoms with Crippen molar-refractivity contribution < 1.29 is 12.8 Å². The number of anilines is 1. The number of furan rings is 1. The van der Waals surface area contributed by atoms with Crippen LogP contribution in [0.15, 0.2) is 44.1 Å². The molecule has 1 aromatic heterocycles. The van der Waals surface area contributed by atoms with Crippen LogP contribution in [0.5, 0.6) is 0 Å². The van der Waals surface area contributed by atoms with Crippen molar-refractivity contribution in [3.8, 4) is 0 Å². The Bertz CT molecular complexity index is 708. The predicted molar refractivity (Wildman–Crippen MR) is 85.8 cm³/mol. The highest BCUT2D eigenvalue weighted by atomic mass is 79.9. The minimum Gasteiger partial charge on any atom is -0.464 e. The van der Waals surface area contributed by atoms with E-state index in [2.05, 4.69) is 26.0 Å². The van der Waals surface area contributed by atoms with E-state index in [4.69, 9.17) is 4.42 Å². The van der Waals surface area contributed by atoms with Gasteiger partial charge >= 0.3 is 0 Å². The van der Waals surface area contributed by atoms with Gasteiger partial charge in [-0.3, -0.25) is 4.72 Å². The van der Waals surface area contributed by atoms with Crippen molar-refractivity contribution in [2.75, 3.05) is 11.3 Å². The first-order chi connectivity index (χ1) is 9.92. The summed E-state index contributed by atoms with van der Waals surface area (Å²) < 4.78 is 33.7. The second kappa shape index (κ2) is 6.64. The second-order valence-electron chi connectivity index (χ2n) is 4.53. The molecular formula is C14H17BrN2O3S. The Morgan fingerprint density at radius 2 is 1.90 bits per heavy atom. The molecule has 0 aliphatic rings. The van der Waals surface area contributed by atoms with Crippen LogP contribution in [0.25, 0.3) is 0 Å². The van der Waals surface area contributed by atoms with E-state index in [1.54, 1.807) is 37.3 Å². The quantitative estimate of drug-likeness (QED) is 0.816. The van der Waals surface area contributed by atoms with E-state index in [1.807, 2.05) is 6.92 Å². The normalized spacial score (nSPS) is 11.6. The van der Waals surface area contributed by atoms with Gasteiger partial charge in [-0.05, 0) is 37.7 Å². The number of nitrogens with one attached hydrogen (secondary N) is 2. The molecule has 0 atom stereocenters. The minimum absolute atomic E-state index is 0.165. The smallest absolute Gasteiger partial charge is 0.265 e. The van der Waals surface area contributed by atoms with E-state index < -0.39 is 10.0 Å². The summed E-state index contributed by atoms with van der Waals surface area (Å²) in [6.07, 6.45) is 0. The fraction of sp³-hybridized carbons (Fsp3) is 0.286. The maximum absolute atomic E-state index is 12.4. The van der Waals surface area contributed by atoms with Crippen molar-refractivity contribution >= 4 is 31.6 Å². The summed E-state index contributed by atoms with van der Waals surface area (Å²) in [4.78, 5) is 0.165. The maximum atomic E-state index is 12.4. The van der Waals surface area contributed by atoms with Crippen LogP contribution in [0.1, 0.15) is 18.4 Å². The van der Waals surface area contributed by atoms with E-state index in [9.17, 15) is 8.42 Å². The molecule has 2 aromatic rings. The van der Waals surface area contributed by atoms with Crippen LogP contribution in [-0.2, 0) is 16.6 Å². The van der Waals surface area contributed by atoms with E-state index in [0.29, 0.717) is 23.8 Å². The largest absolute Gasteiger partial charge is 0.464 e. The van der Waals surface area contributed by atoms with E-state index >= 15 is 0 Å². The number of benzene rings is 1. The first-order valence-electron chi connectivity index (χ1n) is 6.51. The Morgan fingerprint density at radius 1 is 1.24 bits per heavy atom. The lowest BCUT2D eigenvalue weighted by Crippen LogP contribution is -2.13. The van der Waals surface area contributed by atoms with Gasteiger partial charge in [0.25, 0.3) is 10.0 Å². The summed E-state index contributed by atoms with van der Waals surface area (Å²) in [5.41, 5.74) is 0.507. The lowest BCUT2D eigenvalue weighted by molar-refractivity contribution is 0.460. The van der Waals surface area contributed by atoms with Crippen LogP contribution >= 0.6 is 15.9 Å². The molecule has 0 saturated carbocycles. The van der Waals surface area contributed by atoms with Crippen LogP contribution in [0.2, 0.25) is 0 Å². The van der Waals surface area contributed by atoms with Crippen LogP contribution < -0.4 is 10.0 Å². The fourth-order valence-corrected chi connectivity index (χ4v) is 3.38. The van der Waals surface area contributed by atoms with Crippen LogP contribution in [0.3, 0.4) is 0 Å². The first kappa shape index (κ1) is 16.1. The Hall–Kier alpha value is -1.31. The average Bonchev–Trinajstić information content (AvgIpc) is 2.81. The molecule has 0 radical (unpaired) electrons. The van der Waals surface area contributed by atoms with Crippen LogP contribution in [0, 0.1) is 6.92 Å². The Labute approximate surface area is 132 Å². The van der Waals surface area contributed by atoms with Gasteiger partial charge in [0.2, 0.25) is 0 Å². The molecule has 0 saturated heterocycles. The number of hydrogen-bond donors (Lipinski definition) is 2. The van der Waals surface area contributed by atoms with Gasteiger partial charge in [-0.2, -0.15) is 0 Å². The molecule has 0 fully saturated rings. The van der Waals surface area contributed by atoms with Crippen molar-refractivity contribution in [1.29, 1.82) is 0 Å². The average molecular weight is 373 g/mol. The van der Waals surface area contributed by atoms with Crippen molar-refractivity contribution in [2.24, 2.45) is 0 Å². The predicted octanol–water partition coefficient (Wildman–Crippen LogP) is 3.26. The molecule has 2 rings (SSSR count). The highest BCUT2D eigenvalue weighted by Crippen LogP contribution is 2.23. The Morgan fingerprint density at radius 3 is 2.52 bits per heavy atom. The summed E-state index contributed by atoms with van der Waals surface area (Å²) in [5, 5.41) is 3.10. The molecule has 0 unspecified atom stereocenters. The van der Waals surface area contributed by atoms with E-state index in [1.165, 1.54) is 0 Å². The third kappa shape index (κ3) is 4.09. The Kier molecular flexibility index (Phi) is 5.08. The van der Waals surface area contributed by atoms with Crippen molar-refractivity contribution in [1.82, 2.24) is 5.32 Å². The van der Waals surface area contributed by atoms with E-state index in [-0.39, 0.29) is 4.90 Å². The molecule has 1 heterocycles. The van der Waals surface area contributed by atoms with Crippen LogP contribution in [0.4, 0.5) is 5.69 Å². The first-order valence-corrected chi connectivity index (χ1v) is 8.78. The fourth-order valence-electron chi connectivity index (χ4n) is 1.85. The summed E-state index contributed by atoms with van der Waals surface area (Å²) in [6, 6.07) is 8.49. The molecular weight excluding hydrogens is 356 g/mol. The van der Waals surface area contributed by atoms with Gasteiger partial charge in [0, 0.05) is 16.2 Å². The van der Waals surface area contributed by atoms with Gasteiger partial charge < -0.3 is 9.73 Å². The zero-order valence-electron chi connectivity index (χ0n) is 11.8. The van der Waals surface area contributed by atoms with Crippen molar-refractivity contribution in [3.63, 3.8) is 0 Å². The van der Waals surface area contributed by atoms with Gasteiger partial charge in [0.1, 0.15) is 16.4 Å². The second-order valence-corrected chi connectivity index (χ2v) is 7.09. The molecule has 0 aliphatic heterocycles. The zero-order chi connectivity index (χ0) is 15.5. The third-order valence-corrected chi connectivity index (χ3v) is 4.88. The number of rotatable bonds is 6. The van der Waals surface area contributed by atoms with Crippen molar-refractivity contribution in [3.05, 3.63) is 46.3 Å². The number of hydrogen-bond acceptors (Lipinski definition) is 4. The standard InChI is InChI=1S/C14H17BrN2O3S/c1-3-16-9-13-8-14(10(2)20-13)21(18,19)17-12-6-4-11(15)5-7-12/h4-8,16-17H,3,9H2,1-2H3. The number of sulfonamides is 1.